The van der Waals surface area contributed by atoms with Gasteiger partial charge in [0.25, 0.3) is 0 Å². The van der Waals surface area contributed by atoms with Gasteiger partial charge in [0.1, 0.15) is 17.7 Å². The summed E-state index contributed by atoms with van der Waals surface area (Å²) in [7, 11) is 0. The summed E-state index contributed by atoms with van der Waals surface area (Å²) in [6.07, 6.45) is -3.25. The van der Waals surface area contributed by atoms with Gasteiger partial charge in [0.05, 0.1) is 13.2 Å². The monoisotopic (exact) mass is 583 g/mol. The minimum Gasteiger partial charge on any atom is -0.480 e. The molecular weight excluding hydrogens is 538 g/mol. The van der Waals surface area contributed by atoms with Crippen LogP contribution in [0.1, 0.15) is 80.2 Å². The predicted octanol–water partition coefficient (Wildman–Crippen LogP) is 5.89. The number of aliphatic carboxylic acids is 1. The van der Waals surface area contributed by atoms with Gasteiger partial charge in [-0.15, -0.1) is 0 Å². The first kappa shape index (κ1) is 35.5. The third kappa shape index (κ3) is 12.2. The molecule has 12 nitrogen and oxygen atoms in total. The third-order valence-corrected chi connectivity index (χ3v) is 6.28. The SMILES string of the molecule is CCC(C)(C)OC(=O)OC(C)C(C)C(c1ccc(OC(=O)OCC(C)C)c(OC(=O)OCC(C)C)c1)[C@H](N)C(=O)O. The summed E-state index contributed by atoms with van der Waals surface area (Å²) in [5.74, 6) is -3.18. The first-order valence-corrected chi connectivity index (χ1v) is 13.7. The number of carbonyl (C=O) groups is 4. The summed E-state index contributed by atoms with van der Waals surface area (Å²) >= 11 is 0. The van der Waals surface area contributed by atoms with Crippen molar-refractivity contribution in [3.8, 4) is 11.5 Å². The second kappa shape index (κ2) is 16.0. The van der Waals surface area contributed by atoms with E-state index in [1.54, 1.807) is 27.7 Å². The molecule has 0 amide bonds. The molecule has 0 aliphatic heterocycles. The van der Waals surface area contributed by atoms with E-state index in [9.17, 15) is 24.3 Å². The maximum absolute atomic E-state index is 12.4. The Kier molecular flexibility index (Phi) is 13.9. The van der Waals surface area contributed by atoms with Crippen LogP contribution in [0.25, 0.3) is 0 Å². The van der Waals surface area contributed by atoms with Gasteiger partial charge < -0.3 is 39.3 Å². The normalized spacial score (nSPS) is 14.4. The zero-order valence-electron chi connectivity index (χ0n) is 25.4. The van der Waals surface area contributed by atoms with Crippen molar-refractivity contribution in [3.63, 3.8) is 0 Å². The summed E-state index contributed by atoms with van der Waals surface area (Å²) in [4.78, 5) is 49.0. The molecule has 0 fully saturated rings. The van der Waals surface area contributed by atoms with Crippen LogP contribution in [0.4, 0.5) is 14.4 Å². The number of benzene rings is 1. The van der Waals surface area contributed by atoms with Crippen LogP contribution < -0.4 is 15.2 Å². The highest BCUT2D eigenvalue weighted by atomic mass is 16.7. The Bertz CT molecular complexity index is 1040. The lowest BCUT2D eigenvalue weighted by Crippen LogP contribution is -2.43. The van der Waals surface area contributed by atoms with Crippen LogP contribution >= 0.6 is 0 Å². The molecule has 3 unspecified atom stereocenters. The van der Waals surface area contributed by atoms with Gasteiger partial charge in [-0.05, 0) is 56.7 Å². The van der Waals surface area contributed by atoms with E-state index in [1.165, 1.54) is 18.2 Å². The van der Waals surface area contributed by atoms with Gasteiger partial charge in [-0.1, -0.05) is 47.6 Å². The Hall–Kier alpha value is -3.54. The van der Waals surface area contributed by atoms with Gasteiger partial charge in [0.15, 0.2) is 11.5 Å². The fourth-order valence-corrected chi connectivity index (χ4v) is 3.47. The van der Waals surface area contributed by atoms with Crippen molar-refractivity contribution < 1.29 is 52.7 Å². The van der Waals surface area contributed by atoms with Crippen molar-refractivity contribution in [3.05, 3.63) is 23.8 Å². The van der Waals surface area contributed by atoms with Crippen molar-refractivity contribution in [2.45, 2.75) is 92.4 Å². The van der Waals surface area contributed by atoms with Crippen LogP contribution in [-0.2, 0) is 23.7 Å². The Labute approximate surface area is 241 Å². The molecule has 0 heterocycles. The smallest absolute Gasteiger partial charge is 0.480 e. The maximum Gasteiger partial charge on any atom is 0.513 e. The molecule has 0 bridgehead atoms. The zero-order valence-corrected chi connectivity index (χ0v) is 25.4. The first-order valence-electron chi connectivity index (χ1n) is 13.7. The van der Waals surface area contributed by atoms with Crippen LogP contribution in [0.15, 0.2) is 18.2 Å². The van der Waals surface area contributed by atoms with Crippen molar-refractivity contribution in [1.82, 2.24) is 0 Å². The fourth-order valence-electron chi connectivity index (χ4n) is 3.47. The minimum absolute atomic E-state index is 0.0329. The molecule has 0 radical (unpaired) electrons. The summed E-state index contributed by atoms with van der Waals surface area (Å²) in [6, 6.07) is 2.70. The second-order valence-electron chi connectivity index (χ2n) is 11.4. The summed E-state index contributed by atoms with van der Waals surface area (Å²) in [6.45, 7) is 16.2. The van der Waals surface area contributed by atoms with Crippen LogP contribution in [0, 0.1) is 17.8 Å². The maximum atomic E-state index is 12.4. The lowest BCUT2D eigenvalue weighted by Gasteiger charge is -2.32. The lowest BCUT2D eigenvalue weighted by atomic mass is 9.79. The van der Waals surface area contributed by atoms with E-state index in [0.717, 1.165) is 0 Å². The molecule has 1 aromatic rings. The molecular formula is C29H45NO11. The van der Waals surface area contributed by atoms with E-state index >= 15 is 0 Å². The number of carboxylic acids is 1. The number of hydrogen-bond donors (Lipinski definition) is 2. The van der Waals surface area contributed by atoms with E-state index in [2.05, 4.69) is 0 Å². The van der Waals surface area contributed by atoms with Gasteiger partial charge in [0, 0.05) is 11.8 Å². The zero-order chi connectivity index (χ0) is 31.5. The van der Waals surface area contributed by atoms with Crippen molar-refractivity contribution in [1.29, 1.82) is 0 Å². The highest BCUT2D eigenvalue weighted by Gasteiger charge is 2.36. The average molecular weight is 584 g/mol. The number of nitrogens with two attached hydrogens (primary N) is 1. The summed E-state index contributed by atoms with van der Waals surface area (Å²) < 4.78 is 31.5. The predicted molar refractivity (Wildman–Crippen MR) is 149 cm³/mol. The molecule has 0 aliphatic rings. The van der Waals surface area contributed by atoms with Crippen LogP contribution in [0.2, 0.25) is 0 Å². The summed E-state index contributed by atoms with van der Waals surface area (Å²) in [5, 5.41) is 9.78. The lowest BCUT2D eigenvalue weighted by molar-refractivity contribution is -0.139. The first-order chi connectivity index (χ1) is 19.0. The van der Waals surface area contributed by atoms with Gasteiger partial charge in [-0.25, -0.2) is 14.4 Å². The molecule has 0 aromatic heterocycles. The Balaban J connectivity index is 3.40. The van der Waals surface area contributed by atoms with Crippen LogP contribution in [-0.4, -0.2) is 60.5 Å². The molecule has 4 atom stereocenters. The van der Waals surface area contributed by atoms with E-state index in [-0.39, 0.29) is 36.5 Å². The third-order valence-electron chi connectivity index (χ3n) is 6.28. The minimum atomic E-state index is -1.44. The Morgan fingerprint density at radius 3 is 1.83 bits per heavy atom. The largest absolute Gasteiger partial charge is 0.513 e. The highest BCUT2D eigenvalue weighted by Crippen LogP contribution is 2.37. The number of hydrogen-bond acceptors (Lipinski definition) is 11. The van der Waals surface area contributed by atoms with Gasteiger partial charge in [-0.3, -0.25) is 4.79 Å². The molecule has 0 saturated heterocycles. The van der Waals surface area contributed by atoms with Crippen LogP contribution in [0.5, 0.6) is 11.5 Å². The molecule has 1 aromatic carbocycles. The topological polar surface area (TPSA) is 170 Å². The Morgan fingerprint density at radius 2 is 1.37 bits per heavy atom. The standard InChI is InChI=1S/C29H45NO11/c1-10-29(8,9)41-28(35)38-19(7)18(6)23(24(30)25(31)32)20-11-12-21(39-26(33)36-14-16(2)3)22(13-20)40-27(34)37-15-17(4)5/h11-13,16-19,23-24H,10,14-15,30H2,1-9H3,(H,31,32)/t18?,19?,23?,24-/m0/s1. The number of carbonyl (C=O) groups excluding carboxylic acids is 3. The highest BCUT2D eigenvalue weighted by molar-refractivity contribution is 5.75. The summed E-state index contributed by atoms with van der Waals surface area (Å²) in [5.41, 5.74) is 5.66. The molecule has 0 aliphatic carbocycles. The number of carboxylic acid groups (broad SMARTS) is 1. The molecule has 0 saturated carbocycles. The Morgan fingerprint density at radius 1 is 0.854 bits per heavy atom. The fraction of sp³-hybridized carbons (Fsp3) is 0.655. The molecule has 3 N–H and O–H groups in total. The van der Waals surface area contributed by atoms with Gasteiger partial charge in [-0.2, -0.15) is 0 Å². The molecule has 12 heteroatoms. The number of ether oxygens (including phenoxy) is 6. The van der Waals surface area contributed by atoms with Gasteiger partial charge >= 0.3 is 24.4 Å². The molecule has 41 heavy (non-hydrogen) atoms. The van der Waals surface area contributed by atoms with Crippen molar-refractivity contribution in [2.24, 2.45) is 23.5 Å². The van der Waals surface area contributed by atoms with Crippen LogP contribution in [0.3, 0.4) is 0 Å². The molecule has 1 rings (SSSR count). The number of rotatable bonds is 14. The molecule has 232 valence electrons. The van der Waals surface area contributed by atoms with E-state index in [0.29, 0.717) is 12.0 Å². The van der Waals surface area contributed by atoms with E-state index in [1.807, 2.05) is 34.6 Å². The quantitative estimate of drug-likeness (QED) is 0.151. The van der Waals surface area contributed by atoms with Gasteiger partial charge in [0.2, 0.25) is 0 Å². The second-order valence-corrected chi connectivity index (χ2v) is 11.4. The van der Waals surface area contributed by atoms with E-state index < -0.39 is 54.0 Å². The van der Waals surface area contributed by atoms with Crippen molar-refractivity contribution >= 4 is 24.4 Å². The van der Waals surface area contributed by atoms with Crippen molar-refractivity contribution in [2.75, 3.05) is 13.2 Å². The average Bonchev–Trinajstić information content (AvgIpc) is 2.87. The van der Waals surface area contributed by atoms with E-state index in [4.69, 9.17) is 34.2 Å². The molecule has 0 spiro atoms.